The number of hydrogen-bond donors (Lipinski definition) is 0. The van der Waals surface area contributed by atoms with Gasteiger partial charge in [0.1, 0.15) is 6.17 Å². The second-order valence-electron chi connectivity index (χ2n) is 6.47. The first-order chi connectivity index (χ1) is 11.7. The monoisotopic (exact) mass is 314 g/mol. The van der Waals surface area contributed by atoms with Crippen molar-refractivity contribution in [2.45, 2.75) is 20.0 Å². The number of anilines is 3. The van der Waals surface area contributed by atoms with Crippen LogP contribution in [0.2, 0.25) is 0 Å². The van der Waals surface area contributed by atoms with Gasteiger partial charge in [0, 0.05) is 12.7 Å². The molecule has 0 N–H and O–H groups in total. The van der Waals surface area contributed by atoms with Gasteiger partial charge in [0.2, 0.25) is 0 Å². The Bertz CT molecular complexity index is 870. The molecule has 0 saturated carbocycles. The summed E-state index contributed by atoms with van der Waals surface area (Å²) < 4.78 is 0. The first-order valence-corrected chi connectivity index (χ1v) is 8.44. The Morgan fingerprint density at radius 3 is 2.12 bits per heavy atom. The van der Waals surface area contributed by atoms with Crippen LogP contribution in [0.4, 0.5) is 17.1 Å². The number of para-hydroxylation sites is 2. The largest absolute Gasteiger partial charge is 0.353 e. The van der Waals surface area contributed by atoms with Crippen molar-refractivity contribution in [2.24, 2.45) is 0 Å². The van der Waals surface area contributed by atoms with E-state index in [1.807, 2.05) is 0 Å². The Hall–Kier alpha value is -2.74. The zero-order valence-corrected chi connectivity index (χ0v) is 14.4. The fraction of sp³-hybridized carbons (Fsp3) is 0.182. The Labute approximate surface area is 144 Å². The van der Waals surface area contributed by atoms with Crippen LogP contribution in [0.25, 0.3) is 11.1 Å². The van der Waals surface area contributed by atoms with E-state index in [0.717, 1.165) is 0 Å². The van der Waals surface area contributed by atoms with Crippen LogP contribution < -0.4 is 9.80 Å². The van der Waals surface area contributed by atoms with Gasteiger partial charge >= 0.3 is 0 Å². The fourth-order valence-electron chi connectivity index (χ4n) is 3.55. The second-order valence-corrected chi connectivity index (χ2v) is 6.47. The molecule has 0 aliphatic carbocycles. The number of rotatable bonds is 2. The summed E-state index contributed by atoms with van der Waals surface area (Å²) in [5, 5.41) is 0. The number of fused-ring (bicyclic) bond motifs is 1. The number of nitrogens with zero attached hydrogens (tertiary/aromatic N) is 2. The summed E-state index contributed by atoms with van der Waals surface area (Å²) in [6.07, 6.45) is 0.298. The molecule has 0 radical (unpaired) electrons. The molecule has 24 heavy (non-hydrogen) atoms. The summed E-state index contributed by atoms with van der Waals surface area (Å²) in [6.45, 7) is 4.45. The number of hydrogen-bond acceptors (Lipinski definition) is 2. The van der Waals surface area contributed by atoms with Gasteiger partial charge in [-0.3, -0.25) is 0 Å². The third-order valence-electron chi connectivity index (χ3n) is 5.03. The maximum atomic E-state index is 2.44. The van der Waals surface area contributed by atoms with Gasteiger partial charge in [0.05, 0.1) is 11.4 Å². The van der Waals surface area contributed by atoms with Crippen molar-refractivity contribution < 1.29 is 0 Å². The average molecular weight is 314 g/mol. The standard InChI is InChI=1S/C22H22N2/c1-16-13-14-19(18-9-5-4-6-10-18)15-22(16)24-17(2)23(3)20-11-7-8-12-21(20)24/h4-15,17H,1-3H3/t17-/m0/s1. The minimum atomic E-state index is 0.298. The first kappa shape index (κ1) is 14.8. The molecule has 3 aromatic carbocycles. The highest BCUT2D eigenvalue weighted by atomic mass is 15.4. The van der Waals surface area contributed by atoms with Crippen LogP contribution in [0.5, 0.6) is 0 Å². The maximum absolute atomic E-state index is 2.44. The van der Waals surface area contributed by atoms with E-state index in [1.165, 1.54) is 33.8 Å². The minimum Gasteiger partial charge on any atom is -0.353 e. The van der Waals surface area contributed by atoms with Crippen molar-refractivity contribution in [1.29, 1.82) is 0 Å². The molecule has 0 amide bonds. The van der Waals surface area contributed by atoms with Crippen molar-refractivity contribution in [3.63, 3.8) is 0 Å². The van der Waals surface area contributed by atoms with Crippen molar-refractivity contribution in [1.82, 2.24) is 0 Å². The van der Waals surface area contributed by atoms with Crippen LogP contribution in [-0.4, -0.2) is 13.2 Å². The molecular formula is C22H22N2. The third kappa shape index (κ3) is 2.26. The zero-order chi connectivity index (χ0) is 16.7. The topological polar surface area (TPSA) is 6.48 Å². The van der Waals surface area contributed by atoms with Gasteiger partial charge in [-0.15, -0.1) is 0 Å². The molecule has 0 spiro atoms. The summed E-state index contributed by atoms with van der Waals surface area (Å²) >= 11 is 0. The number of aryl methyl sites for hydroxylation is 1. The van der Waals surface area contributed by atoms with Gasteiger partial charge in [-0.25, -0.2) is 0 Å². The molecule has 1 atom stereocenters. The molecule has 1 aliphatic rings. The maximum Gasteiger partial charge on any atom is 0.103 e. The lowest BCUT2D eigenvalue weighted by Crippen LogP contribution is -2.35. The Morgan fingerprint density at radius 2 is 1.38 bits per heavy atom. The van der Waals surface area contributed by atoms with E-state index in [9.17, 15) is 0 Å². The molecule has 4 rings (SSSR count). The van der Waals surface area contributed by atoms with Gasteiger partial charge in [0.15, 0.2) is 0 Å². The summed E-state index contributed by atoms with van der Waals surface area (Å²) in [6, 6.07) is 26.0. The fourth-order valence-corrected chi connectivity index (χ4v) is 3.55. The second kappa shape index (κ2) is 5.72. The molecule has 0 fully saturated rings. The van der Waals surface area contributed by atoms with Crippen LogP contribution in [-0.2, 0) is 0 Å². The molecule has 1 heterocycles. The van der Waals surface area contributed by atoms with Crippen LogP contribution in [0, 0.1) is 6.92 Å². The van der Waals surface area contributed by atoms with Crippen LogP contribution in [0.1, 0.15) is 12.5 Å². The molecule has 2 nitrogen and oxygen atoms in total. The van der Waals surface area contributed by atoms with E-state index < -0.39 is 0 Å². The predicted octanol–water partition coefficient (Wildman–Crippen LogP) is 5.60. The van der Waals surface area contributed by atoms with Gasteiger partial charge in [-0.1, -0.05) is 54.6 Å². The third-order valence-corrected chi connectivity index (χ3v) is 5.03. The Kier molecular flexibility index (Phi) is 3.53. The highest BCUT2D eigenvalue weighted by molar-refractivity contribution is 5.85. The normalized spacial score (nSPS) is 16.4. The zero-order valence-electron chi connectivity index (χ0n) is 14.4. The summed E-state index contributed by atoms with van der Waals surface area (Å²) in [5.41, 5.74) is 7.66. The van der Waals surface area contributed by atoms with E-state index >= 15 is 0 Å². The Morgan fingerprint density at radius 1 is 0.708 bits per heavy atom. The van der Waals surface area contributed by atoms with Gasteiger partial charge in [0.25, 0.3) is 0 Å². The molecule has 0 bridgehead atoms. The smallest absolute Gasteiger partial charge is 0.103 e. The molecule has 0 unspecified atom stereocenters. The predicted molar refractivity (Wildman–Crippen MR) is 103 cm³/mol. The molecular weight excluding hydrogens is 292 g/mol. The number of benzene rings is 3. The van der Waals surface area contributed by atoms with Gasteiger partial charge in [-0.05, 0) is 48.7 Å². The SMILES string of the molecule is Cc1ccc(-c2ccccc2)cc1N1c2ccccc2N(C)[C@@H]1C. The van der Waals surface area contributed by atoms with Crippen LogP contribution in [0.15, 0.2) is 72.8 Å². The van der Waals surface area contributed by atoms with Crippen molar-refractivity contribution in [2.75, 3.05) is 16.8 Å². The van der Waals surface area contributed by atoms with E-state index in [0.29, 0.717) is 6.17 Å². The van der Waals surface area contributed by atoms with Gasteiger partial charge < -0.3 is 9.80 Å². The van der Waals surface area contributed by atoms with E-state index in [1.54, 1.807) is 0 Å². The van der Waals surface area contributed by atoms with E-state index in [2.05, 4.69) is 103 Å². The summed E-state index contributed by atoms with van der Waals surface area (Å²) in [5.74, 6) is 0. The summed E-state index contributed by atoms with van der Waals surface area (Å²) in [7, 11) is 2.17. The minimum absolute atomic E-state index is 0.298. The molecule has 3 aromatic rings. The summed E-state index contributed by atoms with van der Waals surface area (Å²) in [4.78, 5) is 4.78. The van der Waals surface area contributed by atoms with E-state index in [-0.39, 0.29) is 0 Å². The lowest BCUT2D eigenvalue weighted by molar-refractivity contribution is 0.733. The molecule has 0 saturated heterocycles. The first-order valence-electron chi connectivity index (χ1n) is 8.44. The van der Waals surface area contributed by atoms with Crippen molar-refractivity contribution in [3.8, 4) is 11.1 Å². The molecule has 2 heteroatoms. The van der Waals surface area contributed by atoms with Crippen molar-refractivity contribution in [3.05, 3.63) is 78.4 Å². The lowest BCUT2D eigenvalue weighted by Gasteiger charge is -2.29. The van der Waals surface area contributed by atoms with Crippen LogP contribution >= 0.6 is 0 Å². The molecule has 1 aliphatic heterocycles. The molecule has 120 valence electrons. The highest BCUT2D eigenvalue weighted by Gasteiger charge is 2.31. The van der Waals surface area contributed by atoms with Crippen molar-refractivity contribution >= 4 is 17.1 Å². The lowest BCUT2D eigenvalue weighted by atomic mass is 10.0. The molecule has 0 aromatic heterocycles. The average Bonchev–Trinajstić information content (AvgIpc) is 2.88. The quantitative estimate of drug-likeness (QED) is 0.608. The highest BCUT2D eigenvalue weighted by Crippen LogP contribution is 2.44. The van der Waals surface area contributed by atoms with Gasteiger partial charge in [-0.2, -0.15) is 0 Å². The van der Waals surface area contributed by atoms with Crippen LogP contribution in [0.3, 0.4) is 0 Å². The Balaban J connectivity index is 1.85. The van der Waals surface area contributed by atoms with E-state index in [4.69, 9.17) is 0 Å².